The van der Waals surface area contributed by atoms with Crippen LogP contribution in [-0.2, 0) is 35.0 Å². The van der Waals surface area contributed by atoms with E-state index in [1.54, 1.807) is 39.6 Å². The zero-order valence-corrected chi connectivity index (χ0v) is 19.3. The molecule has 2 rings (SSSR count). The lowest BCUT2D eigenvalue weighted by Gasteiger charge is -2.35. The molecule has 31 heavy (non-hydrogen) atoms. The highest BCUT2D eigenvalue weighted by molar-refractivity contribution is 5.97. The molecule has 1 atom stereocenters. The van der Waals surface area contributed by atoms with E-state index in [9.17, 15) is 14.4 Å². The average molecular weight is 430 g/mol. The van der Waals surface area contributed by atoms with Crippen molar-refractivity contribution in [3.63, 3.8) is 0 Å². The maximum absolute atomic E-state index is 13.1. The summed E-state index contributed by atoms with van der Waals surface area (Å²) in [5.74, 6) is -2.17. The number of benzene rings is 1. The Balaban J connectivity index is 2.37. The molecule has 0 saturated heterocycles. The molecule has 1 heterocycles. The van der Waals surface area contributed by atoms with Crippen LogP contribution in [0.4, 0.5) is 0 Å². The average Bonchev–Trinajstić information content (AvgIpc) is 2.72. The Morgan fingerprint density at radius 1 is 0.935 bits per heavy atom. The van der Waals surface area contributed by atoms with Crippen molar-refractivity contribution < 1.29 is 28.6 Å². The van der Waals surface area contributed by atoms with Crippen LogP contribution in [0.15, 0.2) is 52.9 Å². The monoisotopic (exact) mass is 429 g/mol. The smallest absolute Gasteiger partial charge is 0.339 e. The standard InChI is InChI=1S/C24H31NO6/c1-15-19(21(26)29-7)18(13-17-11-9-8-10-12-17)20(16(2)25(15)6)22(27)30-14-31-23(28)24(3,4)5/h8-12,18H,13-14H2,1-7H3. The molecule has 1 aliphatic heterocycles. The van der Waals surface area contributed by atoms with E-state index in [1.165, 1.54) is 7.11 Å². The molecule has 0 aliphatic carbocycles. The van der Waals surface area contributed by atoms with E-state index in [1.807, 2.05) is 37.3 Å². The first-order chi connectivity index (χ1) is 14.5. The van der Waals surface area contributed by atoms with Crippen molar-refractivity contribution in [2.75, 3.05) is 21.0 Å². The molecular weight excluding hydrogens is 398 g/mol. The number of rotatable bonds is 6. The number of methoxy groups -OCH3 is 1. The normalized spacial score (nSPS) is 16.9. The number of esters is 3. The van der Waals surface area contributed by atoms with Crippen LogP contribution in [0.1, 0.15) is 40.2 Å². The summed E-state index contributed by atoms with van der Waals surface area (Å²) in [5.41, 5.74) is 2.37. The third kappa shape index (κ3) is 5.54. The fourth-order valence-electron chi connectivity index (χ4n) is 3.44. The zero-order chi connectivity index (χ0) is 23.3. The molecule has 1 aliphatic rings. The Bertz CT molecular complexity index is 908. The van der Waals surface area contributed by atoms with Crippen LogP contribution in [0.3, 0.4) is 0 Å². The first kappa shape index (κ1) is 24.2. The molecule has 0 amide bonds. The topological polar surface area (TPSA) is 82.1 Å². The second-order valence-electron chi connectivity index (χ2n) is 8.52. The van der Waals surface area contributed by atoms with Gasteiger partial charge < -0.3 is 19.1 Å². The summed E-state index contributed by atoms with van der Waals surface area (Å²) in [7, 11) is 3.09. The lowest BCUT2D eigenvalue weighted by molar-refractivity contribution is -0.171. The van der Waals surface area contributed by atoms with Crippen molar-refractivity contribution in [2.24, 2.45) is 11.3 Å². The first-order valence-electron chi connectivity index (χ1n) is 10.1. The molecule has 0 fully saturated rings. The van der Waals surface area contributed by atoms with E-state index in [2.05, 4.69) is 0 Å². The van der Waals surface area contributed by atoms with Gasteiger partial charge in [-0.15, -0.1) is 0 Å². The summed E-state index contributed by atoms with van der Waals surface area (Å²) in [5, 5.41) is 0. The Labute approximate surface area is 183 Å². The van der Waals surface area contributed by atoms with Gasteiger partial charge in [0.1, 0.15) is 0 Å². The minimum absolute atomic E-state index is 0.337. The Kier molecular flexibility index (Phi) is 7.65. The van der Waals surface area contributed by atoms with Gasteiger partial charge in [0.2, 0.25) is 6.79 Å². The highest BCUT2D eigenvalue weighted by atomic mass is 16.7. The summed E-state index contributed by atoms with van der Waals surface area (Å²) in [6.07, 6.45) is 0.417. The quantitative estimate of drug-likeness (QED) is 0.505. The van der Waals surface area contributed by atoms with Gasteiger partial charge in [-0.25, -0.2) is 9.59 Å². The molecule has 0 bridgehead atoms. The second-order valence-corrected chi connectivity index (χ2v) is 8.52. The molecule has 7 heteroatoms. The van der Waals surface area contributed by atoms with Crippen LogP contribution < -0.4 is 0 Å². The fourth-order valence-corrected chi connectivity index (χ4v) is 3.44. The van der Waals surface area contributed by atoms with Gasteiger partial charge >= 0.3 is 17.9 Å². The Morgan fingerprint density at radius 3 is 2.00 bits per heavy atom. The first-order valence-corrected chi connectivity index (χ1v) is 10.1. The van der Waals surface area contributed by atoms with Gasteiger partial charge in [0.05, 0.1) is 23.7 Å². The number of hydrogen-bond acceptors (Lipinski definition) is 7. The maximum atomic E-state index is 13.1. The third-order valence-corrected chi connectivity index (χ3v) is 5.38. The zero-order valence-electron chi connectivity index (χ0n) is 19.3. The van der Waals surface area contributed by atoms with Gasteiger partial charge in [-0.3, -0.25) is 4.79 Å². The molecule has 168 valence electrons. The van der Waals surface area contributed by atoms with Gasteiger partial charge in [0.25, 0.3) is 0 Å². The van der Waals surface area contributed by atoms with E-state index in [0.29, 0.717) is 29.0 Å². The van der Waals surface area contributed by atoms with Gasteiger partial charge in [-0.2, -0.15) is 0 Å². The molecule has 1 aromatic carbocycles. The summed E-state index contributed by atoms with van der Waals surface area (Å²) in [6, 6.07) is 9.58. The molecular formula is C24H31NO6. The van der Waals surface area contributed by atoms with Gasteiger partial charge in [-0.05, 0) is 46.6 Å². The maximum Gasteiger partial charge on any atom is 0.339 e. The number of hydrogen-bond donors (Lipinski definition) is 0. The summed E-state index contributed by atoms with van der Waals surface area (Å²) in [6.45, 7) is 8.27. The van der Waals surface area contributed by atoms with Crippen LogP contribution in [0.5, 0.6) is 0 Å². The molecule has 0 radical (unpaired) electrons. The minimum atomic E-state index is -0.708. The fraction of sp³-hybridized carbons (Fsp3) is 0.458. The van der Waals surface area contributed by atoms with Crippen LogP contribution in [0.25, 0.3) is 0 Å². The predicted molar refractivity (Wildman–Crippen MR) is 115 cm³/mol. The van der Waals surface area contributed by atoms with E-state index >= 15 is 0 Å². The molecule has 0 spiro atoms. The molecule has 0 aromatic heterocycles. The van der Waals surface area contributed by atoms with Crippen molar-refractivity contribution in [1.29, 1.82) is 0 Å². The number of allylic oxidation sites excluding steroid dienone is 2. The van der Waals surface area contributed by atoms with Gasteiger partial charge in [0.15, 0.2) is 0 Å². The van der Waals surface area contributed by atoms with E-state index in [4.69, 9.17) is 14.2 Å². The van der Waals surface area contributed by atoms with Crippen molar-refractivity contribution >= 4 is 17.9 Å². The highest BCUT2D eigenvalue weighted by Crippen LogP contribution is 2.37. The van der Waals surface area contributed by atoms with Crippen LogP contribution in [-0.4, -0.2) is 43.8 Å². The molecule has 7 nitrogen and oxygen atoms in total. The minimum Gasteiger partial charge on any atom is -0.466 e. The molecule has 1 unspecified atom stereocenters. The molecule has 0 saturated carbocycles. The SMILES string of the molecule is COC(=O)C1=C(C)N(C)C(C)=C(C(=O)OCOC(=O)C(C)(C)C)C1Cc1ccccc1. The third-order valence-electron chi connectivity index (χ3n) is 5.38. The number of ether oxygens (including phenoxy) is 3. The van der Waals surface area contributed by atoms with Crippen molar-refractivity contribution in [3.8, 4) is 0 Å². The molecule has 1 aromatic rings. The van der Waals surface area contributed by atoms with Crippen LogP contribution >= 0.6 is 0 Å². The lowest BCUT2D eigenvalue weighted by Crippen LogP contribution is -2.35. The van der Waals surface area contributed by atoms with Crippen molar-refractivity contribution in [1.82, 2.24) is 4.90 Å². The lowest BCUT2D eigenvalue weighted by atomic mass is 9.80. The van der Waals surface area contributed by atoms with Crippen molar-refractivity contribution in [2.45, 2.75) is 41.0 Å². The number of carbonyl (C=O) groups is 3. The number of carbonyl (C=O) groups excluding carboxylic acids is 3. The second kappa shape index (κ2) is 9.81. The summed E-state index contributed by atoms with van der Waals surface area (Å²) < 4.78 is 15.4. The van der Waals surface area contributed by atoms with Gasteiger partial charge in [-0.1, -0.05) is 30.3 Å². The summed E-state index contributed by atoms with van der Waals surface area (Å²) >= 11 is 0. The van der Waals surface area contributed by atoms with E-state index < -0.39 is 36.0 Å². The molecule has 0 N–H and O–H groups in total. The van der Waals surface area contributed by atoms with Crippen molar-refractivity contribution in [3.05, 3.63) is 58.4 Å². The number of nitrogens with zero attached hydrogens (tertiary/aromatic N) is 1. The van der Waals surface area contributed by atoms with E-state index in [0.717, 1.165) is 5.56 Å². The van der Waals surface area contributed by atoms with Gasteiger partial charge in [0, 0.05) is 24.4 Å². The van der Waals surface area contributed by atoms with Crippen LogP contribution in [0, 0.1) is 11.3 Å². The Morgan fingerprint density at radius 2 is 1.48 bits per heavy atom. The van der Waals surface area contributed by atoms with Crippen LogP contribution in [0.2, 0.25) is 0 Å². The Hall–Kier alpha value is -3.09. The van der Waals surface area contributed by atoms with E-state index in [-0.39, 0.29) is 0 Å². The largest absolute Gasteiger partial charge is 0.466 e. The predicted octanol–water partition coefficient (Wildman–Crippen LogP) is 3.60. The summed E-state index contributed by atoms with van der Waals surface area (Å²) in [4.78, 5) is 39.5. The highest BCUT2D eigenvalue weighted by Gasteiger charge is 2.38.